The number of carbonyl (C=O) groups is 1. The standard InChI is InChI=1S/C10H13FN2O3.C2H6/c1-5-8(11)9(15)7(4-12-6(2)14)10(13-5)16-3;1-2/h4H2,1-3H3,(H,12,14)(H,13,15);1-2H3. The first kappa shape index (κ1) is 16.1. The summed E-state index contributed by atoms with van der Waals surface area (Å²) in [6.45, 7) is 6.68. The summed E-state index contributed by atoms with van der Waals surface area (Å²) in [6, 6.07) is 0. The minimum atomic E-state index is -0.860. The summed E-state index contributed by atoms with van der Waals surface area (Å²) in [6.07, 6.45) is 0. The molecule has 0 fully saturated rings. The largest absolute Gasteiger partial charge is 0.482 e. The van der Waals surface area contributed by atoms with Crippen molar-refractivity contribution in [2.24, 2.45) is 0 Å². The number of ether oxygens (including phenoxy) is 1. The second-order valence-corrected chi connectivity index (χ2v) is 3.31. The summed E-state index contributed by atoms with van der Waals surface area (Å²) in [7, 11) is 1.36. The molecule has 0 unspecified atom stereocenters. The van der Waals surface area contributed by atoms with Gasteiger partial charge >= 0.3 is 0 Å². The Kier molecular flexibility index (Phi) is 6.70. The van der Waals surface area contributed by atoms with Gasteiger partial charge in [-0.15, -0.1) is 0 Å². The third-order valence-electron chi connectivity index (χ3n) is 2.10. The predicted octanol–water partition coefficient (Wildman–Crippen LogP) is 1.49. The zero-order valence-corrected chi connectivity index (χ0v) is 11.3. The van der Waals surface area contributed by atoms with Crippen molar-refractivity contribution in [3.63, 3.8) is 0 Å². The summed E-state index contributed by atoms with van der Waals surface area (Å²) >= 11 is 0. The molecule has 2 N–H and O–H groups in total. The highest BCUT2D eigenvalue weighted by atomic mass is 19.1. The van der Waals surface area contributed by atoms with E-state index in [0.29, 0.717) is 0 Å². The topological polar surface area (TPSA) is 71.2 Å². The number of rotatable bonds is 3. The number of methoxy groups -OCH3 is 1. The van der Waals surface area contributed by atoms with Gasteiger partial charge in [-0.05, 0) is 6.92 Å². The SMILES string of the molecule is CC.COc1[nH]c(C)c(F)c(=O)c1CNC(C)=O. The van der Waals surface area contributed by atoms with Gasteiger partial charge in [-0.2, -0.15) is 0 Å². The van der Waals surface area contributed by atoms with E-state index in [1.165, 1.54) is 21.0 Å². The van der Waals surface area contributed by atoms with Gasteiger partial charge in [-0.25, -0.2) is 4.39 Å². The molecular weight excluding hydrogens is 239 g/mol. The van der Waals surface area contributed by atoms with Crippen LogP contribution in [0.1, 0.15) is 32.0 Å². The van der Waals surface area contributed by atoms with E-state index < -0.39 is 11.2 Å². The minimum absolute atomic E-state index is 0.0644. The van der Waals surface area contributed by atoms with Gasteiger partial charge in [0.1, 0.15) is 0 Å². The van der Waals surface area contributed by atoms with E-state index in [2.05, 4.69) is 10.3 Å². The van der Waals surface area contributed by atoms with E-state index in [4.69, 9.17) is 4.74 Å². The monoisotopic (exact) mass is 258 g/mol. The van der Waals surface area contributed by atoms with Crippen LogP contribution in [0.2, 0.25) is 0 Å². The number of aromatic nitrogens is 1. The van der Waals surface area contributed by atoms with Crippen LogP contribution >= 0.6 is 0 Å². The maximum absolute atomic E-state index is 13.3. The van der Waals surface area contributed by atoms with Crippen molar-refractivity contribution in [2.45, 2.75) is 34.2 Å². The molecule has 0 aromatic carbocycles. The van der Waals surface area contributed by atoms with Gasteiger partial charge in [0, 0.05) is 6.92 Å². The lowest BCUT2D eigenvalue weighted by Crippen LogP contribution is -2.26. The Morgan fingerprint density at radius 2 is 2.00 bits per heavy atom. The third kappa shape index (κ3) is 3.87. The number of aryl methyl sites for hydroxylation is 1. The summed E-state index contributed by atoms with van der Waals surface area (Å²) in [5.41, 5.74) is -0.587. The van der Waals surface area contributed by atoms with Crippen molar-refractivity contribution in [1.29, 1.82) is 0 Å². The zero-order valence-electron chi connectivity index (χ0n) is 11.3. The van der Waals surface area contributed by atoms with Gasteiger partial charge in [0.15, 0.2) is 11.7 Å². The molecule has 1 aromatic rings. The fourth-order valence-corrected chi connectivity index (χ4v) is 1.25. The van der Waals surface area contributed by atoms with Crippen molar-refractivity contribution in [1.82, 2.24) is 10.3 Å². The summed E-state index contributed by atoms with van der Waals surface area (Å²) in [5, 5.41) is 2.42. The van der Waals surface area contributed by atoms with E-state index in [0.717, 1.165) is 0 Å². The first-order valence-corrected chi connectivity index (χ1v) is 5.67. The first-order chi connectivity index (χ1) is 8.47. The van der Waals surface area contributed by atoms with E-state index in [1.807, 2.05) is 13.8 Å². The molecule has 1 amide bonds. The third-order valence-corrected chi connectivity index (χ3v) is 2.10. The molecule has 0 aliphatic rings. The Morgan fingerprint density at radius 1 is 1.44 bits per heavy atom. The van der Waals surface area contributed by atoms with Crippen LogP contribution in [-0.4, -0.2) is 18.0 Å². The highest BCUT2D eigenvalue weighted by Crippen LogP contribution is 2.13. The summed E-state index contributed by atoms with van der Waals surface area (Å²) < 4.78 is 18.2. The van der Waals surface area contributed by atoms with Crippen molar-refractivity contribution in [3.8, 4) is 5.88 Å². The Balaban J connectivity index is 0.00000137. The fourth-order valence-electron chi connectivity index (χ4n) is 1.25. The number of halogens is 1. The van der Waals surface area contributed by atoms with Crippen LogP contribution in [0.5, 0.6) is 5.88 Å². The Bertz CT molecular complexity index is 469. The average molecular weight is 258 g/mol. The number of nitrogens with one attached hydrogen (secondary N) is 2. The highest BCUT2D eigenvalue weighted by molar-refractivity contribution is 5.72. The van der Waals surface area contributed by atoms with Crippen LogP contribution < -0.4 is 15.5 Å². The molecule has 0 saturated heterocycles. The second kappa shape index (κ2) is 7.47. The second-order valence-electron chi connectivity index (χ2n) is 3.31. The van der Waals surface area contributed by atoms with Gasteiger partial charge in [-0.1, -0.05) is 13.8 Å². The molecule has 1 rings (SSSR count). The molecule has 0 aliphatic heterocycles. The molecule has 6 heteroatoms. The van der Waals surface area contributed by atoms with Gasteiger partial charge in [0.25, 0.3) is 0 Å². The fraction of sp³-hybridized carbons (Fsp3) is 0.500. The maximum Gasteiger partial charge on any atom is 0.226 e. The highest BCUT2D eigenvalue weighted by Gasteiger charge is 2.15. The van der Waals surface area contributed by atoms with Gasteiger partial charge < -0.3 is 15.0 Å². The molecule has 0 bridgehead atoms. The molecule has 18 heavy (non-hydrogen) atoms. The van der Waals surface area contributed by atoms with Crippen molar-refractivity contribution in [2.75, 3.05) is 7.11 Å². The quantitative estimate of drug-likeness (QED) is 0.863. The number of aromatic amines is 1. The van der Waals surface area contributed by atoms with Gasteiger partial charge in [0.2, 0.25) is 11.3 Å². The van der Waals surface area contributed by atoms with E-state index >= 15 is 0 Å². The van der Waals surface area contributed by atoms with Crippen molar-refractivity contribution in [3.05, 3.63) is 27.3 Å². The Labute approximate surface area is 105 Å². The first-order valence-electron chi connectivity index (χ1n) is 5.67. The maximum atomic E-state index is 13.3. The number of hydrogen-bond acceptors (Lipinski definition) is 3. The smallest absolute Gasteiger partial charge is 0.226 e. The van der Waals surface area contributed by atoms with Crippen LogP contribution in [0.25, 0.3) is 0 Å². The number of H-pyrrole nitrogens is 1. The number of amides is 1. The summed E-state index contributed by atoms with van der Waals surface area (Å²) in [4.78, 5) is 24.9. The van der Waals surface area contributed by atoms with Crippen LogP contribution in [0, 0.1) is 12.7 Å². The molecule has 0 spiro atoms. The molecule has 0 aliphatic carbocycles. The lowest BCUT2D eigenvalue weighted by atomic mass is 10.2. The van der Waals surface area contributed by atoms with Crippen LogP contribution in [-0.2, 0) is 11.3 Å². The minimum Gasteiger partial charge on any atom is -0.482 e. The Morgan fingerprint density at radius 3 is 2.44 bits per heavy atom. The van der Waals surface area contributed by atoms with E-state index in [9.17, 15) is 14.0 Å². The molecule has 5 nitrogen and oxygen atoms in total. The van der Waals surface area contributed by atoms with Crippen molar-refractivity contribution < 1.29 is 13.9 Å². The molecular formula is C12H19FN2O3. The average Bonchev–Trinajstić information content (AvgIpc) is 2.36. The lowest BCUT2D eigenvalue weighted by Gasteiger charge is -2.09. The summed E-state index contributed by atoms with van der Waals surface area (Å²) in [5.74, 6) is -0.999. The molecule has 0 radical (unpaired) electrons. The van der Waals surface area contributed by atoms with Crippen molar-refractivity contribution >= 4 is 5.91 Å². The Hall–Kier alpha value is -1.85. The van der Waals surface area contributed by atoms with Gasteiger partial charge in [0.05, 0.1) is 24.9 Å². The molecule has 1 heterocycles. The normalized spacial score (nSPS) is 9.22. The lowest BCUT2D eigenvalue weighted by molar-refractivity contribution is -0.119. The molecule has 102 valence electrons. The molecule has 0 saturated carbocycles. The molecule has 0 atom stereocenters. The zero-order chi connectivity index (χ0) is 14.3. The van der Waals surface area contributed by atoms with E-state index in [1.54, 1.807) is 0 Å². The number of hydrogen-bond donors (Lipinski definition) is 2. The predicted molar refractivity (Wildman–Crippen MR) is 67.2 cm³/mol. The van der Waals surface area contributed by atoms with Crippen LogP contribution in [0.4, 0.5) is 4.39 Å². The van der Waals surface area contributed by atoms with Gasteiger partial charge in [-0.3, -0.25) is 9.59 Å². The van der Waals surface area contributed by atoms with E-state index in [-0.39, 0.29) is 29.6 Å². The van der Waals surface area contributed by atoms with Crippen LogP contribution in [0.15, 0.2) is 4.79 Å². The number of carbonyl (C=O) groups excluding carboxylic acids is 1. The molecule has 1 aromatic heterocycles. The number of pyridine rings is 1. The van der Waals surface area contributed by atoms with Crippen LogP contribution in [0.3, 0.4) is 0 Å².